The summed E-state index contributed by atoms with van der Waals surface area (Å²) >= 11 is 0. The first-order valence-corrected chi connectivity index (χ1v) is 5.77. The standard InChI is InChI=1S/C14H14FN3O/c1-18(2)13-12(4-3-9-16-13)14(19)17-11-7-5-10(15)6-8-11/h3-9H,1-2H3,(H,17,19). The molecule has 0 aliphatic heterocycles. The van der Waals surface area contributed by atoms with Crippen LogP contribution in [0.3, 0.4) is 0 Å². The number of carbonyl (C=O) groups is 1. The minimum Gasteiger partial charge on any atom is -0.362 e. The van der Waals surface area contributed by atoms with Crippen molar-refractivity contribution in [2.75, 3.05) is 24.3 Å². The van der Waals surface area contributed by atoms with Gasteiger partial charge in [-0.15, -0.1) is 0 Å². The van der Waals surface area contributed by atoms with Gasteiger partial charge in [0.15, 0.2) is 0 Å². The maximum absolute atomic E-state index is 12.8. The molecule has 2 aromatic rings. The number of benzene rings is 1. The van der Waals surface area contributed by atoms with Gasteiger partial charge in [-0.05, 0) is 36.4 Å². The molecular formula is C14H14FN3O. The number of anilines is 2. The number of halogens is 1. The third-order valence-corrected chi connectivity index (χ3v) is 2.56. The Morgan fingerprint density at radius 1 is 1.21 bits per heavy atom. The molecule has 1 aromatic carbocycles. The van der Waals surface area contributed by atoms with Crippen LogP contribution >= 0.6 is 0 Å². The highest BCUT2D eigenvalue weighted by Gasteiger charge is 2.13. The molecule has 4 nitrogen and oxygen atoms in total. The number of pyridine rings is 1. The minimum absolute atomic E-state index is 0.275. The van der Waals surface area contributed by atoms with Gasteiger partial charge in [0.25, 0.3) is 5.91 Å². The van der Waals surface area contributed by atoms with E-state index >= 15 is 0 Å². The molecule has 98 valence electrons. The number of amides is 1. The van der Waals surface area contributed by atoms with Gasteiger partial charge >= 0.3 is 0 Å². The lowest BCUT2D eigenvalue weighted by Gasteiger charge is -2.15. The van der Waals surface area contributed by atoms with Gasteiger partial charge in [0.05, 0.1) is 5.56 Å². The van der Waals surface area contributed by atoms with E-state index < -0.39 is 0 Å². The van der Waals surface area contributed by atoms with Gasteiger partial charge < -0.3 is 10.2 Å². The van der Waals surface area contributed by atoms with E-state index in [4.69, 9.17) is 0 Å². The topological polar surface area (TPSA) is 45.2 Å². The summed E-state index contributed by atoms with van der Waals surface area (Å²) in [4.78, 5) is 18.1. The Morgan fingerprint density at radius 3 is 2.53 bits per heavy atom. The zero-order valence-electron chi connectivity index (χ0n) is 10.7. The predicted molar refractivity (Wildman–Crippen MR) is 72.9 cm³/mol. The lowest BCUT2D eigenvalue weighted by atomic mass is 10.2. The van der Waals surface area contributed by atoms with Crippen molar-refractivity contribution in [3.05, 3.63) is 54.0 Å². The molecule has 0 fully saturated rings. The van der Waals surface area contributed by atoms with Crippen molar-refractivity contribution in [2.45, 2.75) is 0 Å². The van der Waals surface area contributed by atoms with E-state index in [9.17, 15) is 9.18 Å². The van der Waals surface area contributed by atoms with Gasteiger partial charge in [-0.1, -0.05) is 0 Å². The Balaban J connectivity index is 2.23. The first-order chi connectivity index (χ1) is 9.08. The maximum atomic E-state index is 12.8. The highest BCUT2D eigenvalue weighted by Crippen LogP contribution is 2.17. The Bertz CT molecular complexity index is 581. The SMILES string of the molecule is CN(C)c1ncccc1C(=O)Nc1ccc(F)cc1. The molecule has 0 atom stereocenters. The monoisotopic (exact) mass is 259 g/mol. The highest BCUT2D eigenvalue weighted by atomic mass is 19.1. The molecule has 5 heteroatoms. The van der Waals surface area contributed by atoms with Crippen LogP contribution in [0.1, 0.15) is 10.4 Å². The van der Waals surface area contributed by atoms with Crippen molar-refractivity contribution in [3.8, 4) is 0 Å². The summed E-state index contributed by atoms with van der Waals surface area (Å²) in [5, 5.41) is 2.71. The largest absolute Gasteiger partial charge is 0.362 e. The van der Waals surface area contributed by atoms with Gasteiger partial charge in [-0.2, -0.15) is 0 Å². The van der Waals surface area contributed by atoms with E-state index in [1.54, 1.807) is 23.2 Å². The molecule has 1 amide bonds. The second-order valence-electron chi connectivity index (χ2n) is 4.23. The summed E-state index contributed by atoms with van der Waals surface area (Å²) in [6.07, 6.45) is 1.63. The minimum atomic E-state index is -0.339. The maximum Gasteiger partial charge on any atom is 0.259 e. The normalized spacial score (nSPS) is 10.1. The number of hydrogen-bond acceptors (Lipinski definition) is 3. The predicted octanol–water partition coefficient (Wildman–Crippen LogP) is 2.54. The van der Waals surface area contributed by atoms with Crippen molar-refractivity contribution in [1.29, 1.82) is 0 Å². The van der Waals surface area contributed by atoms with Gasteiger partial charge in [0, 0.05) is 26.0 Å². The molecule has 0 saturated heterocycles. The summed E-state index contributed by atoms with van der Waals surface area (Å²) in [5.41, 5.74) is 1.01. The fourth-order valence-corrected chi connectivity index (χ4v) is 1.66. The number of hydrogen-bond donors (Lipinski definition) is 1. The fourth-order valence-electron chi connectivity index (χ4n) is 1.66. The summed E-state index contributed by atoms with van der Waals surface area (Å²) in [7, 11) is 3.63. The zero-order chi connectivity index (χ0) is 13.8. The Kier molecular flexibility index (Phi) is 3.75. The van der Waals surface area contributed by atoms with E-state index in [0.717, 1.165) is 0 Å². The lowest BCUT2D eigenvalue weighted by Crippen LogP contribution is -2.19. The third-order valence-electron chi connectivity index (χ3n) is 2.56. The van der Waals surface area contributed by atoms with E-state index in [2.05, 4.69) is 10.3 Å². The second-order valence-corrected chi connectivity index (χ2v) is 4.23. The van der Waals surface area contributed by atoms with E-state index in [0.29, 0.717) is 17.1 Å². The summed E-state index contributed by atoms with van der Waals surface area (Å²) in [5.74, 6) is -0.0288. The molecule has 1 heterocycles. The molecule has 0 aliphatic carbocycles. The molecule has 1 aromatic heterocycles. The van der Waals surface area contributed by atoms with Gasteiger partial charge in [0.1, 0.15) is 11.6 Å². The molecule has 19 heavy (non-hydrogen) atoms. The first-order valence-electron chi connectivity index (χ1n) is 5.77. The molecule has 0 spiro atoms. The van der Waals surface area contributed by atoms with Gasteiger partial charge in [-0.25, -0.2) is 9.37 Å². The van der Waals surface area contributed by atoms with Crippen LogP contribution < -0.4 is 10.2 Å². The van der Waals surface area contributed by atoms with Crippen LogP contribution in [0.2, 0.25) is 0 Å². The smallest absolute Gasteiger partial charge is 0.259 e. The van der Waals surface area contributed by atoms with Crippen molar-refractivity contribution in [1.82, 2.24) is 4.98 Å². The Labute approximate surface area is 110 Å². The molecule has 0 radical (unpaired) electrons. The number of carbonyl (C=O) groups excluding carboxylic acids is 1. The number of nitrogens with zero attached hydrogens (tertiary/aromatic N) is 2. The molecule has 2 rings (SSSR count). The van der Waals surface area contributed by atoms with Crippen LogP contribution in [-0.2, 0) is 0 Å². The van der Waals surface area contributed by atoms with Crippen molar-refractivity contribution >= 4 is 17.4 Å². The lowest BCUT2D eigenvalue weighted by molar-refractivity contribution is 0.102. The number of aromatic nitrogens is 1. The quantitative estimate of drug-likeness (QED) is 0.921. The van der Waals surface area contributed by atoms with Crippen LogP contribution in [0.5, 0.6) is 0 Å². The van der Waals surface area contributed by atoms with Crippen molar-refractivity contribution in [2.24, 2.45) is 0 Å². The van der Waals surface area contributed by atoms with Crippen molar-refractivity contribution in [3.63, 3.8) is 0 Å². The van der Waals surface area contributed by atoms with Crippen molar-refractivity contribution < 1.29 is 9.18 Å². The summed E-state index contributed by atoms with van der Waals surface area (Å²) < 4.78 is 12.8. The van der Waals surface area contributed by atoms with E-state index in [-0.39, 0.29) is 11.7 Å². The van der Waals surface area contributed by atoms with Crippen LogP contribution in [0.25, 0.3) is 0 Å². The number of nitrogens with one attached hydrogen (secondary N) is 1. The molecule has 0 unspecified atom stereocenters. The van der Waals surface area contributed by atoms with Crippen LogP contribution in [0, 0.1) is 5.82 Å². The zero-order valence-corrected chi connectivity index (χ0v) is 10.7. The molecule has 0 saturated carbocycles. The summed E-state index contributed by atoms with van der Waals surface area (Å²) in [6, 6.07) is 9.02. The average Bonchev–Trinajstić information content (AvgIpc) is 2.41. The molecular weight excluding hydrogens is 245 g/mol. The van der Waals surface area contributed by atoms with Crippen LogP contribution in [0.4, 0.5) is 15.9 Å². The Morgan fingerprint density at radius 2 is 1.89 bits per heavy atom. The highest BCUT2D eigenvalue weighted by molar-refractivity contribution is 6.07. The molecule has 0 bridgehead atoms. The molecule has 1 N–H and O–H groups in total. The first kappa shape index (κ1) is 13.0. The Hall–Kier alpha value is -2.43. The fraction of sp³-hybridized carbons (Fsp3) is 0.143. The third kappa shape index (κ3) is 3.07. The molecule has 0 aliphatic rings. The average molecular weight is 259 g/mol. The van der Waals surface area contributed by atoms with Crippen LogP contribution in [0.15, 0.2) is 42.6 Å². The van der Waals surface area contributed by atoms with E-state index in [1.165, 1.54) is 24.3 Å². The second kappa shape index (κ2) is 5.48. The van der Waals surface area contributed by atoms with E-state index in [1.807, 2.05) is 14.1 Å². The summed E-state index contributed by atoms with van der Waals surface area (Å²) in [6.45, 7) is 0. The van der Waals surface area contributed by atoms with Gasteiger partial charge in [0.2, 0.25) is 0 Å². The number of rotatable bonds is 3. The van der Waals surface area contributed by atoms with Gasteiger partial charge in [-0.3, -0.25) is 4.79 Å². The van der Waals surface area contributed by atoms with Crippen LogP contribution in [-0.4, -0.2) is 25.0 Å².